The van der Waals surface area contributed by atoms with Crippen LogP contribution in [0.15, 0.2) is 121 Å². The number of aromatic nitrogens is 2. The fraction of sp³-hybridized carbons (Fsp3) is 0. The molecule has 5 aromatic carbocycles. The maximum Gasteiger partial charge on any atom is 0.0972 e. The quantitative estimate of drug-likeness (QED) is 0.202. The molecule has 4 heteroatoms. The molecule has 0 aliphatic carbocycles. The van der Waals surface area contributed by atoms with Crippen LogP contribution in [0.3, 0.4) is 0 Å². The molecule has 0 spiro atoms. The van der Waals surface area contributed by atoms with Gasteiger partial charge in [0, 0.05) is 62.2 Å². The number of benzene rings is 5. The maximum absolute atomic E-state index is 5.20. The van der Waals surface area contributed by atoms with Crippen LogP contribution in [0.5, 0.6) is 0 Å². The van der Waals surface area contributed by atoms with Crippen molar-refractivity contribution < 1.29 is 0 Å². The van der Waals surface area contributed by atoms with Gasteiger partial charge < -0.3 is 0 Å². The Kier molecular flexibility index (Phi) is 4.68. The molecule has 0 aliphatic heterocycles. The van der Waals surface area contributed by atoms with E-state index in [0.717, 1.165) is 44.3 Å². The fourth-order valence-electron chi connectivity index (χ4n) is 5.86. The van der Waals surface area contributed by atoms with E-state index in [2.05, 4.69) is 121 Å². The van der Waals surface area contributed by atoms with Gasteiger partial charge in [0.25, 0.3) is 0 Å². The molecule has 0 saturated carbocycles. The van der Waals surface area contributed by atoms with Gasteiger partial charge in [0.05, 0.1) is 22.4 Å². The second-order valence-electron chi connectivity index (χ2n) is 10.2. The molecule has 9 aromatic rings. The van der Waals surface area contributed by atoms with Gasteiger partial charge in [-0.2, -0.15) is 0 Å². The van der Waals surface area contributed by atoms with Gasteiger partial charge in [-0.05, 0) is 48.5 Å². The molecule has 0 saturated heterocycles. The van der Waals surface area contributed by atoms with Crippen LogP contribution in [-0.4, -0.2) is 9.97 Å². The van der Waals surface area contributed by atoms with Crippen molar-refractivity contribution in [2.45, 2.75) is 0 Å². The van der Waals surface area contributed by atoms with Crippen LogP contribution in [0.4, 0.5) is 0 Å². The van der Waals surface area contributed by atoms with E-state index in [9.17, 15) is 0 Å². The van der Waals surface area contributed by atoms with Crippen LogP contribution in [0.2, 0.25) is 0 Å². The molecule has 0 bridgehead atoms. The Bertz CT molecular complexity index is 2280. The zero-order chi connectivity index (χ0) is 26.2. The predicted octanol–water partition coefficient (Wildman–Crippen LogP) is 10.9. The molecule has 2 nitrogen and oxygen atoms in total. The minimum Gasteiger partial charge on any atom is -0.245 e. The second kappa shape index (κ2) is 8.43. The van der Waals surface area contributed by atoms with Crippen LogP contribution in [0.25, 0.3) is 84.7 Å². The van der Waals surface area contributed by atoms with Crippen molar-refractivity contribution >= 4 is 84.8 Å². The molecule has 0 aliphatic rings. The van der Waals surface area contributed by atoms with Crippen LogP contribution in [-0.2, 0) is 0 Å². The Morgan fingerprint density at radius 3 is 1.30 bits per heavy atom. The Hall–Kier alpha value is -4.64. The summed E-state index contributed by atoms with van der Waals surface area (Å²) in [6.07, 6.45) is 0. The first-order valence-corrected chi connectivity index (χ1v) is 15.0. The number of thiophene rings is 2. The zero-order valence-electron chi connectivity index (χ0n) is 21.3. The summed E-state index contributed by atoms with van der Waals surface area (Å²) in [6, 6.07) is 43.6. The highest BCUT2D eigenvalue weighted by molar-refractivity contribution is 7.26. The van der Waals surface area contributed by atoms with Gasteiger partial charge in [-0.3, -0.25) is 0 Å². The number of hydrogen-bond acceptors (Lipinski definition) is 4. The first-order chi connectivity index (χ1) is 19.8. The Morgan fingerprint density at radius 2 is 0.800 bits per heavy atom. The second-order valence-corrected chi connectivity index (χ2v) is 12.4. The van der Waals surface area contributed by atoms with E-state index < -0.39 is 0 Å². The van der Waals surface area contributed by atoms with Gasteiger partial charge in [-0.15, -0.1) is 22.7 Å². The van der Waals surface area contributed by atoms with Gasteiger partial charge in [0.15, 0.2) is 0 Å². The Balaban J connectivity index is 1.22. The van der Waals surface area contributed by atoms with Gasteiger partial charge in [-0.25, -0.2) is 9.97 Å². The van der Waals surface area contributed by atoms with Crippen molar-refractivity contribution in [3.8, 4) is 22.5 Å². The summed E-state index contributed by atoms with van der Waals surface area (Å²) >= 11 is 3.68. The van der Waals surface area contributed by atoms with E-state index in [1.54, 1.807) is 0 Å². The van der Waals surface area contributed by atoms with Gasteiger partial charge in [0.2, 0.25) is 0 Å². The van der Waals surface area contributed by atoms with Crippen molar-refractivity contribution in [3.63, 3.8) is 0 Å². The lowest BCUT2D eigenvalue weighted by atomic mass is 10.0. The largest absolute Gasteiger partial charge is 0.245 e. The molecule has 4 aromatic heterocycles. The molecule has 40 heavy (non-hydrogen) atoms. The van der Waals surface area contributed by atoms with E-state index in [1.165, 1.54) is 40.3 Å². The lowest BCUT2D eigenvalue weighted by Gasteiger charge is -2.09. The molecule has 186 valence electrons. The molecule has 9 rings (SSSR count). The number of rotatable bonds is 2. The molecular formula is C36H20N2S2. The van der Waals surface area contributed by atoms with Crippen LogP contribution in [0, 0.1) is 0 Å². The Morgan fingerprint density at radius 1 is 0.375 bits per heavy atom. The van der Waals surface area contributed by atoms with E-state index in [4.69, 9.17) is 9.97 Å². The fourth-order valence-corrected chi connectivity index (χ4v) is 8.03. The third-order valence-corrected chi connectivity index (χ3v) is 10.2. The first-order valence-electron chi connectivity index (χ1n) is 13.3. The smallest absolute Gasteiger partial charge is 0.0972 e. The molecule has 0 atom stereocenters. The van der Waals surface area contributed by atoms with Crippen molar-refractivity contribution in [2.24, 2.45) is 0 Å². The molecular weight excluding hydrogens is 525 g/mol. The van der Waals surface area contributed by atoms with Crippen molar-refractivity contribution in [2.75, 3.05) is 0 Å². The Labute approximate surface area is 237 Å². The number of pyridine rings is 2. The van der Waals surface area contributed by atoms with E-state index >= 15 is 0 Å². The lowest BCUT2D eigenvalue weighted by molar-refractivity contribution is 1.37. The summed E-state index contributed by atoms with van der Waals surface area (Å²) in [5.74, 6) is 0. The van der Waals surface area contributed by atoms with E-state index in [0.29, 0.717) is 0 Å². The molecule has 4 heterocycles. The standard InChI is InChI=1S/C36H20N2S2/c1-3-7-31-25(5-1)27-19-23(13-17-33(27)39-31)29-15-11-21-9-10-22-12-16-30(38-36(22)35(21)37-29)24-14-18-34-28(20-24)26-6-2-4-8-32(26)40-34/h1-20H. The minimum absolute atomic E-state index is 0.939. The summed E-state index contributed by atoms with van der Waals surface area (Å²) in [5.41, 5.74) is 6.07. The lowest BCUT2D eigenvalue weighted by Crippen LogP contribution is -1.91. The van der Waals surface area contributed by atoms with Crippen molar-refractivity contribution in [1.29, 1.82) is 0 Å². The maximum atomic E-state index is 5.20. The third kappa shape index (κ3) is 3.33. The summed E-state index contributed by atoms with van der Waals surface area (Å²) in [4.78, 5) is 10.4. The predicted molar refractivity (Wildman–Crippen MR) is 174 cm³/mol. The normalized spacial score (nSPS) is 12.0. The highest BCUT2D eigenvalue weighted by atomic mass is 32.1. The summed E-state index contributed by atoms with van der Waals surface area (Å²) in [5, 5.41) is 7.38. The molecule has 0 N–H and O–H groups in total. The first kappa shape index (κ1) is 22.2. The highest BCUT2D eigenvalue weighted by Gasteiger charge is 2.12. The highest BCUT2D eigenvalue weighted by Crippen LogP contribution is 2.38. The number of nitrogens with zero attached hydrogens (tertiary/aromatic N) is 2. The van der Waals surface area contributed by atoms with Gasteiger partial charge in [0.1, 0.15) is 0 Å². The summed E-state index contributed by atoms with van der Waals surface area (Å²) < 4.78 is 5.24. The molecule has 0 unspecified atom stereocenters. The molecule has 0 amide bonds. The summed E-state index contributed by atoms with van der Waals surface area (Å²) in [7, 11) is 0. The number of hydrogen-bond donors (Lipinski definition) is 0. The average molecular weight is 545 g/mol. The molecule has 0 fully saturated rings. The van der Waals surface area contributed by atoms with Gasteiger partial charge in [-0.1, -0.05) is 72.8 Å². The van der Waals surface area contributed by atoms with Crippen LogP contribution >= 0.6 is 22.7 Å². The van der Waals surface area contributed by atoms with Crippen LogP contribution < -0.4 is 0 Å². The van der Waals surface area contributed by atoms with Crippen molar-refractivity contribution in [1.82, 2.24) is 9.97 Å². The topological polar surface area (TPSA) is 25.8 Å². The third-order valence-electron chi connectivity index (χ3n) is 7.86. The monoisotopic (exact) mass is 544 g/mol. The zero-order valence-corrected chi connectivity index (χ0v) is 22.9. The average Bonchev–Trinajstić information content (AvgIpc) is 3.58. The van der Waals surface area contributed by atoms with Gasteiger partial charge >= 0.3 is 0 Å². The van der Waals surface area contributed by atoms with Crippen LogP contribution in [0.1, 0.15) is 0 Å². The minimum atomic E-state index is 0.939. The van der Waals surface area contributed by atoms with E-state index in [-0.39, 0.29) is 0 Å². The molecule has 0 radical (unpaired) electrons. The summed E-state index contributed by atoms with van der Waals surface area (Å²) in [6.45, 7) is 0. The number of fused-ring (bicyclic) bond motifs is 9. The van der Waals surface area contributed by atoms with E-state index in [1.807, 2.05) is 22.7 Å². The SMILES string of the molecule is c1ccc2c(c1)sc1ccc(-c3ccc4ccc5ccc(-c6ccc7sc8ccccc8c7c6)nc5c4n3)cc12. The van der Waals surface area contributed by atoms with Crippen molar-refractivity contribution in [3.05, 3.63) is 121 Å².